The van der Waals surface area contributed by atoms with Crippen molar-refractivity contribution in [2.45, 2.75) is 175 Å². The number of hydrogen-bond acceptors (Lipinski definition) is 8. The topological polar surface area (TPSA) is 81.2 Å². The van der Waals surface area contributed by atoms with Crippen molar-refractivity contribution in [1.82, 2.24) is 25.6 Å². The third-order valence-corrected chi connectivity index (χ3v) is 8.66. The number of rotatable bonds is 14. The van der Waals surface area contributed by atoms with Crippen LogP contribution >= 0.6 is 0 Å². The molecule has 0 unspecified atom stereocenters. The highest BCUT2D eigenvalue weighted by atomic mass is 15.4. The highest BCUT2D eigenvalue weighted by Crippen LogP contribution is 2.36. The Morgan fingerprint density at radius 1 is 0.610 bits per heavy atom. The molecule has 0 bridgehead atoms. The van der Waals surface area contributed by atoms with Gasteiger partial charge in [0.05, 0.1) is 0 Å². The van der Waals surface area contributed by atoms with Crippen LogP contribution in [0.15, 0.2) is 0 Å². The van der Waals surface area contributed by atoms with Crippen LogP contribution in [0.3, 0.4) is 0 Å². The summed E-state index contributed by atoms with van der Waals surface area (Å²) in [5.41, 5.74) is 0.200. The van der Waals surface area contributed by atoms with E-state index in [4.69, 9.17) is 15.0 Å². The zero-order valence-corrected chi connectivity index (χ0v) is 28.6. The van der Waals surface area contributed by atoms with Gasteiger partial charge in [-0.1, -0.05) is 40.0 Å². The van der Waals surface area contributed by atoms with Crippen LogP contribution in [0.1, 0.15) is 140 Å². The van der Waals surface area contributed by atoms with E-state index in [1.54, 1.807) is 0 Å². The summed E-state index contributed by atoms with van der Waals surface area (Å²) >= 11 is 0. The minimum Gasteiger partial charge on any atom is -0.354 e. The zero-order valence-electron chi connectivity index (χ0n) is 28.6. The van der Waals surface area contributed by atoms with Crippen LogP contribution in [-0.2, 0) is 0 Å². The van der Waals surface area contributed by atoms with E-state index in [1.165, 1.54) is 0 Å². The fourth-order valence-electron chi connectivity index (χ4n) is 7.59. The van der Waals surface area contributed by atoms with Gasteiger partial charge in [-0.05, 0) is 100 Å². The van der Waals surface area contributed by atoms with Gasteiger partial charge < -0.3 is 25.8 Å². The summed E-state index contributed by atoms with van der Waals surface area (Å²) in [5, 5.41) is 11.3. The molecule has 0 atom stereocenters. The average molecular weight is 573 g/mol. The molecule has 0 saturated carbocycles. The van der Waals surface area contributed by atoms with E-state index in [9.17, 15) is 0 Å². The van der Waals surface area contributed by atoms with Crippen molar-refractivity contribution in [2.24, 2.45) is 0 Å². The van der Waals surface area contributed by atoms with E-state index in [-0.39, 0.29) is 22.2 Å². The predicted octanol–water partition coefficient (Wildman–Crippen LogP) is 6.92. The molecule has 0 spiro atoms. The van der Waals surface area contributed by atoms with Gasteiger partial charge in [0.1, 0.15) is 0 Å². The fraction of sp³-hybridized carbons (Fsp3) is 0.909. The molecule has 2 aliphatic heterocycles. The lowest BCUT2D eigenvalue weighted by Gasteiger charge is -2.50. The lowest BCUT2D eigenvalue weighted by molar-refractivity contribution is 0.157. The average Bonchev–Trinajstić information content (AvgIpc) is 2.81. The first-order valence-corrected chi connectivity index (χ1v) is 16.7. The van der Waals surface area contributed by atoms with Crippen LogP contribution in [0.4, 0.5) is 17.8 Å². The molecule has 8 heteroatoms. The minimum absolute atomic E-state index is 0.0500. The molecule has 3 heterocycles. The summed E-state index contributed by atoms with van der Waals surface area (Å²) in [4.78, 5) is 20.7. The second kappa shape index (κ2) is 13.7. The highest BCUT2D eigenvalue weighted by Gasteiger charge is 2.42. The number of nitrogens with one attached hydrogen (secondary N) is 3. The van der Waals surface area contributed by atoms with Crippen LogP contribution in [0.5, 0.6) is 0 Å². The monoisotopic (exact) mass is 573 g/mol. The molecule has 0 aromatic carbocycles. The molecular weight excluding hydrogens is 508 g/mol. The molecule has 2 fully saturated rings. The summed E-state index contributed by atoms with van der Waals surface area (Å²) in [6, 6.07) is 0.736. The second-order valence-corrected chi connectivity index (χ2v) is 15.5. The molecule has 3 N–H and O–H groups in total. The predicted molar refractivity (Wildman–Crippen MR) is 176 cm³/mol. The smallest absolute Gasteiger partial charge is 0.232 e. The van der Waals surface area contributed by atoms with E-state index < -0.39 is 0 Å². The van der Waals surface area contributed by atoms with Gasteiger partial charge in [0.15, 0.2) is 0 Å². The van der Waals surface area contributed by atoms with E-state index in [0.717, 1.165) is 102 Å². The molecule has 2 saturated heterocycles. The first kappa shape index (κ1) is 33.8. The Balaban J connectivity index is 2.09. The van der Waals surface area contributed by atoms with Crippen molar-refractivity contribution in [3.63, 3.8) is 0 Å². The van der Waals surface area contributed by atoms with Gasteiger partial charge in [-0.25, -0.2) is 0 Å². The van der Waals surface area contributed by atoms with Crippen molar-refractivity contribution in [2.75, 3.05) is 34.8 Å². The number of unbranched alkanes of at least 4 members (excludes halogenated alkanes) is 3. The van der Waals surface area contributed by atoms with Crippen molar-refractivity contribution in [3.8, 4) is 0 Å². The van der Waals surface area contributed by atoms with Crippen LogP contribution < -0.4 is 25.8 Å². The third kappa shape index (κ3) is 9.94. The summed E-state index contributed by atoms with van der Waals surface area (Å²) in [5.74, 6) is 2.41. The van der Waals surface area contributed by atoms with E-state index in [1.807, 2.05) is 0 Å². The maximum absolute atomic E-state index is 5.36. The molecule has 0 aliphatic carbocycles. The standard InChI is InChI=1S/C33H64N8/c1-12-15-18-34-27-35-28(40(19-16-13-2)25-21-30(4,5)38-31(6,7)22-25)37-29(36-27)41(20-17-14-3)26-23-32(8,9)39-33(10,11)24-26/h25-26,38-39H,12-24H2,1-11H3,(H,34,35,36,37). The Bertz CT molecular complexity index is 856. The van der Waals surface area contributed by atoms with E-state index in [0.29, 0.717) is 12.1 Å². The second-order valence-electron chi connectivity index (χ2n) is 15.5. The Morgan fingerprint density at radius 3 is 1.32 bits per heavy atom. The van der Waals surface area contributed by atoms with Gasteiger partial charge in [0, 0.05) is 53.9 Å². The van der Waals surface area contributed by atoms with Gasteiger partial charge in [-0.3, -0.25) is 0 Å². The Kier molecular flexibility index (Phi) is 11.3. The van der Waals surface area contributed by atoms with Crippen LogP contribution in [-0.4, -0.2) is 68.8 Å². The minimum atomic E-state index is 0.0500. The highest BCUT2D eigenvalue weighted by molar-refractivity contribution is 5.47. The zero-order chi connectivity index (χ0) is 30.5. The Hall–Kier alpha value is -1.67. The molecular formula is C33H64N8. The molecule has 1 aromatic rings. The maximum Gasteiger partial charge on any atom is 0.232 e. The summed E-state index contributed by atoms with van der Waals surface area (Å²) < 4.78 is 0. The largest absolute Gasteiger partial charge is 0.354 e. The summed E-state index contributed by atoms with van der Waals surface area (Å²) in [6.45, 7) is 28.3. The molecule has 2 aliphatic rings. The molecule has 8 nitrogen and oxygen atoms in total. The Morgan fingerprint density at radius 2 is 0.976 bits per heavy atom. The lowest BCUT2D eigenvalue weighted by atomic mass is 9.79. The Labute approximate surface area is 252 Å². The number of nitrogens with zero attached hydrogens (tertiary/aromatic N) is 5. The van der Waals surface area contributed by atoms with Gasteiger partial charge in [-0.2, -0.15) is 15.0 Å². The quantitative estimate of drug-likeness (QED) is 0.207. The molecule has 1 aromatic heterocycles. The number of anilines is 3. The number of piperidine rings is 2. The molecule has 236 valence electrons. The van der Waals surface area contributed by atoms with Crippen molar-refractivity contribution < 1.29 is 0 Å². The normalized spacial score (nSPS) is 21.9. The van der Waals surface area contributed by atoms with Crippen molar-refractivity contribution in [3.05, 3.63) is 0 Å². The van der Waals surface area contributed by atoms with Gasteiger partial charge in [-0.15, -0.1) is 0 Å². The molecule has 3 rings (SSSR count). The number of aromatic nitrogens is 3. The van der Waals surface area contributed by atoms with Crippen LogP contribution in [0.2, 0.25) is 0 Å². The fourth-order valence-corrected chi connectivity index (χ4v) is 7.59. The van der Waals surface area contributed by atoms with Crippen molar-refractivity contribution in [1.29, 1.82) is 0 Å². The van der Waals surface area contributed by atoms with Crippen molar-refractivity contribution >= 4 is 17.8 Å². The van der Waals surface area contributed by atoms with E-state index in [2.05, 4.69) is 102 Å². The molecule has 41 heavy (non-hydrogen) atoms. The van der Waals surface area contributed by atoms with Gasteiger partial charge in [0.25, 0.3) is 0 Å². The SMILES string of the molecule is CCCCNc1nc(N(CCCC)C2CC(C)(C)NC(C)(C)C2)nc(N(CCCC)C2CC(C)(C)NC(C)(C)C2)n1. The maximum atomic E-state index is 5.36. The molecule has 0 radical (unpaired) electrons. The first-order valence-electron chi connectivity index (χ1n) is 16.7. The van der Waals surface area contributed by atoms with Gasteiger partial charge in [0.2, 0.25) is 17.8 Å². The third-order valence-electron chi connectivity index (χ3n) is 8.66. The first-order chi connectivity index (χ1) is 19.1. The van der Waals surface area contributed by atoms with Crippen LogP contribution in [0, 0.1) is 0 Å². The summed E-state index contributed by atoms with van der Waals surface area (Å²) in [6.07, 6.45) is 11.1. The lowest BCUT2D eigenvalue weighted by Crippen LogP contribution is -2.63. The van der Waals surface area contributed by atoms with Gasteiger partial charge >= 0.3 is 0 Å². The van der Waals surface area contributed by atoms with Crippen LogP contribution in [0.25, 0.3) is 0 Å². The molecule has 0 amide bonds. The summed E-state index contributed by atoms with van der Waals surface area (Å²) in [7, 11) is 0. The number of hydrogen-bond donors (Lipinski definition) is 3. The van der Waals surface area contributed by atoms with E-state index >= 15 is 0 Å².